The first-order valence-corrected chi connectivity index (χ1v) is 8.76. The van der Waals surface area contributed by atoms with Gasteiger partial charge >= 0.3 is 11.1 Å². The Bertz CT molecular complexity index is 989. The normalized spacial score (nSPS) is 16.2. The van der Waals surface area contributed by atoms with E-state index in [-0.39, 0.29) is 29.1 Å². The highest BCUT2D eigenvalue weighted by Crippen LogP contribution is 2.26. The first kappa shape index (κ1) is 18.8. The van der Waals surface area contributed by atoms with Crippen LogP contribution in [0.2, 0.25) is 0 Å². The standard InChI is InChI=1S/C17H21N5O5/c1-9(23)19-13(10-2-4-18-5-3-10)7-11-6-12(22(26)27)8-14-15(11)21-17(25)16(24)20-14/h6,8,10,13,18H,2-5,7H2,1H3,(H,19,23)(H,20,24)(H,21,25). The Morgan fingerprint density at radius 2 is 1.93 bits per heavy atom. The maximum Gasteiger partial charge on any atom is 0.314 e. The van der Waals surface area contributed by atoms with E-state index in [0.29, 0.717) is 17.5 Å². The van der Waals surface area contributed by atoms with Crippen molar-refractivity contribution in [1.82, 2.24) is 20.6 Å². The van der Waals surface area contributed by atoms with E-state index in [9.17, 15) is 24.5 Å². The van der Waals surface area contributed by atoms with Gasteiger partial charge in [0.05, 0.1) is 16.0 Å². The molecular weight excluding hydrogens is 354 g/mol. The number of aromatic nitrogens is 2. The maximum absolute atomic E-state index is 11.8. The summed E-state index contributed by atoms with van der Waals surface area (Å²) in [4.78, 5) is 50.7. The van der Waals surface area contributed by atoms with Gasteiger partial charge in [-0.25, -0.2) is 0 Å². The van der Waals surface area contributed by atoms with Crippen molar-refractivity contribution >= 4 is 22.6 Å². The lowest BCUT2D eigenvalue weighted by molar-refractivity contribution is -0.384. The average molecular weight is 375 g/mol. The van der Waals surface area contributed by atoms with Crippen molar-refractivity contribution in [2.75, 3.05) is 13.1 Å². The Labute approximate surface area is 153 Å². The van der Waals surface area contributed by atoms with Gasteiger partial charge in [0.25, 0.3) is 5.69 Å². The quantitative estimate of drug-likeness (QED) is 0.332. The largest absolute Gasteiger partial charge is 0.353 e. The number of nitrogens with zero attached hydrogens (tertiary/aromatic N) is 1. The van der Waals surface area contributed by atoms with Gasteiger partial charge in [0.1, 0.15) is 0 Å². The van der Waals surface area contributed by atoms with Crippen LogP contribution in [0.4, 0.5) is 5.69 Å². The van der Waals surface area contributed by atoms with Crippen LogP contribution in [0.3, 0.4) is 0 Å². The number of carbonyl (C=O) groups is 1. The van der Waals surface area contributed by atoms with Crippen LogP contribution in [0.5, 0.6) is 0 Å². The molecule has 3 rings (SSSR count). The van der Waals surface area contributed by atoms with E-state index in [1.807, 2.05) is 0 Å². The lowest BCUT2D eigenvalue weighted by atomic mass is 9.86. The molecule has 1 aromatic carbocycles. The van der Waals surface area contributed by atoms with Crippen molar-refractivity contribution in [2.45, 2.75) is 32.2 Å². The molecule has 0 bridgehead atoms. The molecule has 2 aromatic rings. The molecule has 10 nitrogen and oxygen atoms in total. The van der Waals surface area contributed by atoms with E-state index in [4.69, 9.17) is 0 Å². The van der Waals surface area contributed by atoms with Gasteiger partial charge in [0, 0.05) is 25.1 Å². The van der Waals surface area contributed by atoms with Crippen LogP contribution in [0.1, 0.15) is 25.3 Å². The molecule has 10 heteroatoms. The number of nitro groups is 1. The molecule has 0 radical (unpaired) electrons. The van der Waals surface area contributed by atoms with Crippen LogP contribution in [-0.2, 0) is 11.2 Å². The summed E-state index contributed by atoms with van der Waals surface area (Å²) < 4.78 is 0. The second kappa shape index (κ2) is 7.70. The number of piperidine rings is 1. The summed E-state index contributed by atoms with van der Waals surface area (Å²) in [5, 5.41) is 17.5. The van der Waals surface area contributed by atoms with E-state index in [1.54, 1.807) is 0 Å². The zero-order chi connectivity index (χ0) is 19.6. The van der Waals surface area contributed by atoms with Gasteiger partial charge in [-0.15, -0.1) is 0 Å². The third-order valence-electron chi connectivity index (χ3n) is 4.89. The minimum absolute atomic E-state index is 0.185. The Morgan fingerprint density at radius 1 is 1.26 bits per heavy atom. The SMILES string of the molecule is CC(=O)NC(Cc1cc([N+](=O)[O-])cc2[nH]c(=O)c(=O)[nH]c12)C1CCNCC1. The minimum Gasteiger partial charge on any atom is -0.353 e. The number of amides is 1. The first-order valence-electron chi connectivity index (χ1n) is 8.76. The van der Waals surface area contributed by atoms with E-state index < -0.39 is 16.0 Å². The molecule has 1 unspecified atom stereocenters. The second-order valence-electron chi connectivity index (χ2n) is 6.79. The van der Waals surface area contributed by atoms with Crippen molar-refractivity contribution in [1.29, 1.82) is 0 Å². The van der Waals surface area contributed by atoms with Crippen LogP contribution in [0.15, 0.2) is 21.7 Å². The molecule has 1 amide bonds. The minimum atomic E-state index is -0.870. The van der Waals surface area contributed by atoms with Gasteiger partial charge in [-0.2, -0.15) is 0 Å². The predicted molar refractivity (Wildman–Crippen MR) is 98.7 cm³/mol. The van der Waals surface area contributed by atoms with Crippen LogP contribution < -0.4 is 21.8 Å². The Morgan fingerprint density at radius 3 is 2.56 bits per heavy atom. The summed E-state index contributed by atoms with van der Waals surface area (Å²) in [6.45, 7) is 3.10. The molecule has 1 aromatic heterocycles. The molecular formula is C17H21N5O5. The number of hydrogen-bond acceptors (Lipinski definition) is 6. The number of nitrogens with one attached hydrogen (secondary N) is 4. The number of hydrogen-bond donors (Lipinski definition) is 4. The molecule has 0 aliphatic carbocycles. The number of aromatic amines is 2. The van der Waals surface area contributed by atoms with Gasteiger partial charge in [-0.3, -0.25) is 24.5 Å². The van der Waals surface area contributed by atoms with Crippen molar-refractivity contribution in [3.05, 3.63) is 48.5 Å². The summed E-state index contributed by atoms with van der Waals surface area (Å²) in [5.74, 6) is 0.0223. The Hall–Kier alpha value is -3.01. The molecule has 0 spiro atoms. The van der Waals surface area contributed by atoms with Gasteiger partial charge in [-0.1, -0.05) is 0 Å². The fourth-order valence-electron chi connectivity index (χ4n) is 3.63. The molecule has 144 valence electrons. The highest BCUT2D eigenvalue weighted by molar-refractivity contribution is 5.81. The molecule has 1 atom stereocenters. The molecule has 1 fully saturated rings. The van der Waals surface area contributed by atoms with Crippen molar-refractivity contribution in [3.63, 3.8) is 0 Å². The van der Waals surface area contributed by atoms with Gasteiger partial charge in [0.15, 0.2) is 0 Å². The predicted octanol–water partition coefficient (Wildman–Crippen LogP) is 0.171. The van der Waals surface area contributed by atoms with Crippen LogP contribution in [0, 0.1) is 16.0 Å². The number of rotatable bonds is 5. The molecule has 2 heterocycles. The number of non-ortho nitro benzene ring substituents is 1. The first-order chi connectivity index (χ1) is 12.8. The second-order valence-corrected chi connectivity index (χ2v) is 6.79. The summed E-state index contributed by atoms with van der Waals surface area (Å²) in [7, 11) is 0. The molecule has 1 saturated heterocycles. The summed E-state index contributed by atoms with van der Waals surface area (Å²) in [5.41, 5.74) is -0.844. The molecule has 0 saturated carbocycles. The van der Waals surface area contributed by atoms with Gasteiger partial charge in [-0.05, 0) is 43.8 Å². The molecule has 1 aliphatic heterocycles. The van der Waals surface area contributed by atoms with Crippen LogP contribution >= 0.6 is 0 Å². The van der Waals surface area contributed by atoms with Gasteiger partial charge in [0.2, 0.25) is 5.91 Å². The highest BCUT2D eigenvalue weighted by Gasteiger charge is 2.26. The zero-order valence-electron chi connectivity index (χ0n) is 14.8. The number of benzene rings is 1. The van der Waals surface area contributed by atoms with E-state index in [2.05, 4.69) is 20.6 Å². The Kier molecular flexibility index (Phi) is 5.36. The van der Waals surface area contributed by atoms with Crippen LogP contribution in [-0.4, -0.2) is 39.9 Å². The summed E-state index contributed by atoms with van der Waals surface area (Å²) >= 11 is 0. The van der Waals surface area contributed by atoms with Crippen LogP contribution in [0.25, 0.3) is 11.0 Å². The average Bonchev–Trinajstić information content (AvgIpc) is 2.62. The third-order valence-corrected chi connectivity index (χ3v) is 4.89. The number of carbonyl (C=O) groups excluding carboxylic acids is 1. The van der Waals surface area contributed by atoms with Gasteiger partial charge < -0.3 is 20.6 Å². The summed E-state index contributed by atoms with van der Waals surface area (Å²) in [6.07, 6.45) is 2.04. The Balaban J connectivity index is 2.07. The fraction of sp³-hybridized carbons (Fsp3) is 0.471. The molecule has 4 N–H and O–H groups in total. The molecule has 27 heavy (non-hydrogen) atoms. The maximum atomic E-state index is 11.8. The monoisotopic (exact) mass is 375 g/mol. The van der Waals surface area contributed by atoms with E-state index >= 15 is 0 Å². The highest BCUT2D eigenvalue weighted by atomic mass is 16.6. The number of H-pyrrole nitrogens is 2. The lowest BCUT2D eigenvalue weighted by Gasteiger charge is -2.31. The van der Waals surface area contributed by atoms with E-state index in [1.165, 1.54) is 19.1 Å². The number of fused-ring (bicyclic) bond motifs is 1. The van der Waals surface area contributed by atoms with Crippen molar-refractivity contribution < 1.29 is 9.72 Å². The summed E-state index contributed by atoms with van der Waals surface area (Å²) in [6, 6.07) is 2.37. The smallest absolute Gasteiger partial charge is 0.314 e. The lowest BCUT2D eigenvalue weighted by Crippen LogP contribution is -2.45. The molecule has 1 aliphatic rings. The van der Waals surface area contributed by atoms with Crippen molar-refractivity contribution in [2.24, 2.45) is 5.92 Å². The van der Waals surface area contributed by atoms with E-state index in [0.717, 1.165) is 25.9 Å². The zero-order valence-corrected chi connectivity index (χ0v) is 14.8. The van der Waals surface area contributed by atoms with Crippen molar-refractivity contribution in [3.8, 4) is 0 Å². The topological polar surface area (TPSA) is 150 Å². The third kappa shape index (κ3) is 4.22. The number of nitro benzene ring substituents is 1. The fourth-order valence-corrected chi connectivity index (χ4v) is 3.63.